The second-order valence-corrected chi connectivity index (χ2v) is 4.81. The number of rotatable bonds is 5. The Bertz CT molecular complexity index is 352. The largest absolute Gasteiger partial charge is 0.496 e. The van der Waals surface area contributed by atoms with Crippen molar-refractivity contribution in [1.82, 2.24) is 5.32 Å². The Labute approximate surface area is 103 Å². The molecule has 0 amide bonds. The first-order chi connectivity index (χ1) is 7.65. The van der Waals surface area contributed by atoms with Gasteiger partial charge >= 0.3 is 0 Å². The molecule has 16 heavy (non-hydrogen) atoms. The summed E-state index contributed by atoms with van der Waals surface area (Å²) in [7, 11) is 3.73. The summed E-state index contributed by atoms with van der Waals surface area (Å²) in [5.74, 6) is 2.06. The maximum absolute atomic E-state index is 5.33. The van der Waals surface area contributed by atoms with Crippen LogP contribution >= 0.6 is 11.8 Å². The molecule has 1 unspecified atom stereocenters. The maximum Gasteiger partial charge on any atom is 0.122 e. The second kappa shape index (κ2) is 6.16. The van der Waals surface area contributed by atoms with Gasteiger partial charge in [0.15, 0.2) is 0 Å². The Morgan fingerprint density at radius 3 is 2.50 bits per heavy atom. The van der Waals surface area contributed by atoms with Gasteiger partial charge in [0.2, 0.25) is 0 Å². The molecule has 1 atom stereocenters. The molecule has 1 N–H and O–H groups in total. The van der Waals surface area contributed by atoms with Crippen LogP contribution in [0.1, 0.15) is 22.7 Å². The smallest absolute Gasteiger partial charge is 0.122 e. The zero-order chi connectivity index (χ0) is 12.1. The minimum absolute atomic E-state index is 0.416. The van der Waals surface area contributed by atoms with Crippen LogP contribution in [0.4, 0.5) is 0 Å². The lowest BCUT2D eigenvalue weighted by Crippen LogP contribution is -2.20. The summed E-state index contributed by atoms with van der Waals surface area (Å²) in [6.45, 7) is 4.28. The molecule has 1 aromatic rings. The fourth-order valence-electron chi connectivity index (χ4n) is 1.91. The van der Waals surface area contributed by atoms with Crippen LogP contribution in [0.5, 0.6) is 5.75 Å². The molecule has 0 aliphatic rings. The van der Waals surface area contributed by atoms with Gasteiger partial charge in [-0.1, -0.05) is 6.07 Å². The van der Waals surface area contributed by atoms with Crippen LogP contribution in [0.2, 0.25) is 0 Å². The van der Waals surface area contributed by atoms with E-state index in [1.165, 1.54) is 16.7 Å². The first kappa shape index (κ1) is 13.4. The Morgan fingerprint density at radius 1 is 1.31 bits per heavy atom. The van der Waals surface area contributed by atoms with E-state index in [9.17, 15) is 0 Å². The Morgan fingerprint density at radius 2 is 2.00 bits per heavy atom. The van der Waals surface area contributed by atoms with E-state index >= 15 is 0 Å². The van der Waals surface area contributed by atoms with Crippen LogP contribution in [-0.4, -0.2) is 26.2 Å². The van der Waals surface area contributed by atoms with Crippen LogP contribution in [0.3, 0.4) is 0 Å². The number of hydrogen-bond acceptors (Lipinski definition) is 3. The SMILES string of the molecule is CNC(CSC)c1ccc(OC)c(C)c1C. The minimum Gasteiger partial charge on any atom is -0.496 e. The Balaban J connectivity index is 3.09. The summed E-state index contributed by atoms with van der Waals surface area (Å²) in [6, 6.07) is 4.64. The number of hydrogen-bond donors (Lipinski definition) is 1. The quantitative estimate of drug-likeness (QED) is 0.853. The topological polar surface area (TPSA) is 21.3 Å². The van der Waals surface area contributed by atoms with E-state index < -0.39 is 0 Å². The van der Waals surface area contributed by atoms with Crippen molar-refractivity contribution in [3.05, 3.63) is 28.8 Å². The average Bonchev–Trinajstić information content (AvgIpc) is 2.30. The molecule has 3 heteroatoms. The van der Waals surface area contributed by atoms with Gasteiger partial charge in [-0.25, -0.2) is 0 Å². The van der Waals surface area contributed by atoms with Gasteiger partial charge in [-0.15, -0.1) is 0 Å². The Hall–Kier alpha value is -0.670. The summed E-state index contributed by atoms with van der Waals surface area (Å²) in [5.41, 5.74) is 3.93. The lowest BCUT2D eigenvalue weighted by Gasteiger charge is -2.20. The molecule has 0 radical (unpaired) electrons. The average molecular weight is 239 g/mol. The van der Waals surface area contributed by atoms with Crippen molar-refractivity contribution in [2.24, 2.45) is 0 Å². The summed E-state index contributed by atoms with van der Waals surface area (Å²) >= 11 is 1.86. The highest BCUT2D eigenvalue weighted by Crippen LogP contribution is 2.28. The predicted molar refractivity (Wildman–Crippen MR) is 72.7 cm³/mol. The van der Waals surface area contributed by atoms with Crippen molar-refractivity contribution in [2.45, 2.75) is 19.9 Å². The molecule has 1 aromatic carbocycles. The van der Waals surface area contributed by atoms with Gasteiger partial charge in [0.1, 0.15) is 5.75 Å². The maximum atomic E-state index is 5.33. The number of thioether (sulfide) groups is 1. The van der Waals surface area contributed by atoms with E-state index in [-0.39, 0.29) is 0 Å². The fourth-order valence-corrected chi connectivity index (χ4v) is 2.59. The molecule has 0 saturated carbocycles. The van der Waals surface area contributed by atoms with Crippen molar-refractivity contribution in [1.29, 1.82) is 0 Å². The highest BCUT2D eigenvalue weighted by atomic mass is 32.2. The van der Waals surface area contributed by atoms with Gasteiger partial charge < -0.3 is 10.1 Å². The molecule has 0 saturated heterocycles. The van der Waals surface area contributed by atoms with E-state index in [0.29, 0.717) is 6.04 Å². The third kappa shape index (κ3) is 2.71. The first-order valence-corrected chi connectivity index (χ1v) is 6.85. The van der Waals surface area contributed by atoms with Crippen molar-refractivity contribution in [3.8, 4) is 5.75 Å². The van der Waals surface area contributed by atoms with Crippen LogP contribution in [-0.2, 0) is 0 Å². The summed E-state index contributed by atoms with van der Waals surface area (Å²) < 4.78 is 5.33. The van der Waals surface area contributed by atoms with Crippen molar-refractivity contribution >= 4 is 11.8 Å². The molecule has 0 spiro atoms. The van der Waals surface area contributed by atoms with E-state index in [1.807, 2.05) is 18.8 Å². The summed E-state index contributed by atoms with van der Waals surface area (Å²) in [5, 5.41) is 3.36. The zero-order valence-corrected chi connectivity index (χ0v) is 11.6. The molecule has 1 rings (SSSR count). The summed E-state index contributed by atoms with van der Waals surface area (Å²) in [4.78, 5) is 0. The molecule has 0 heterocycles. The molecular weight excluding hydrogens is 218 g/mol. The highest BCUT2D eigenvalue weighted by molar-refractivity contribution is 7.98. The van der Waals surface area contributed by atoms with E-state index in [4.69, 9.17) is 4.74 Å². The van der Waals surface area contributed by atoms with Gasteiger partial charge in [0, 0.05) is 11.8 Å². The van der Waals surface area contributed by atoms with Gasteiger partial charge in [0.05, 0.1) is 7.11 Å². The van der Waals surface area contributed by atoms with E-state index in [2.05, 4.69) is 37.6 Å². The summed E-state index contributed by atoms with van der Waals surface area (Å²) in [6.07, 6.45) is 2.13. The standard InChI is InChI=1S/C13H21NOS/c1-9-10(2)13(15-4)7-6-11(9)12(14-3)8-16-5/h6-7,12,14H,8H2,1-5H3. The van der Waals surface area contributed by atoms with E-state index in [1.54, 1.807) is 7.11 Å². The molecule has 2 nitrogen and oxygen atoms in total. The van der Waals surface area contributed by atoms with Crippen LogP contribution < -0.4 is 10.1 Å². The third-order valence-electron chi connectivity index (χ3n) is 3.06. The normalized spacial score (nSPS) is 12.6. The number of benzene rings is 1. The number of nitrogens with one attached hydrogen (secondary N) is 1. The molecule has 0 fully saturated rings. The molecule has 0 aliphatic carbocycles. The first-order valence-electron chi connectivity index (χ1n) is 5.46. The molecule has 0 aromatic heterocycles. The molecule has 90 valence electrons. The predicted octanol–water partition coefficient (Wildman–Crippen LogP) is 2.94. The number of ether oxygens (including phenoxy) is 1. The van der Waals surface area contributed by atoms with E-state index in [0.717, 1.165) is 11.5 Å². The highest BCUT2D eigenvalue weighted by Gasteiger charge is 2.14. The van der Waals surface area contributed by atoms with Crippen LogP contribution in [0, 0.1) is 13.8 Å². The fraction of sp³-hybridized carbons (Fsp3) is 0.538. The Kier molecular flexibility index (Phi) is 5.16. The molecular formula is C13H21NOS. The monoisotopic (exact) mass is 239 g/mol. The van der Waals surface area contributed by atoms with Crippen LogP contribution in [0.25, 0.3) is 0 Å². The lowest BCUT2D eigenvalue weighted by atomic mass is 9.97. The van der Waals surface area contributed by atoms with Crippen molar-refractivity contribution in [3.63, 3.8) is 0 Å². The number of methoxy groups -OCH3 is 1. The van der Waals surface area contributed by atoms with Gasteiger partial charge in [0.25, 0.3) is 0 Å². The van der Waals surface area contributed by atoms with Crippen molar-refractivity contribution in [2.75, 3.05) is 26.2 Å². The van der Waals surface area contributed by atoms with Gasteiger partial charge in [-0.2, -0.15) is 11.8 Å². The van der Waals surface area contributed by atoms with Crippen molar-refractivity contribution < 1.29 is 4.74 Å². The molecule has 0 aliphatic heterocycles. The minimum atomic E-state index is 0.416. The third-order valence-corrected chi connectivity index (χ3v) is 3.72. The van der Waals surface area contributed by atoms with Crippen LogP contribution in [0.15, 0.2) is 12.1 Å². The second-order valence-electron chi connectivity index (χ2n) is 3.90. The zero-order valence-electron chi connectivity index (χ0n) is 10.8. The molecule has 0 bridgehead atoms. The van der Waals surface area contributed by atoms with Gasteiger partial charge in [-0.3, -0.25) is 0 Å². The van der Waals surface area contributed by atoms with Gasteiger partial charge in [-0.05, 0) is 49.9 Å². The lowest BCUT2D eigenvalue weighted by molar-refractivity contribution is 0.411.